The molecule has 1 nitrogen and oxygen atoms in total. The minimum Gasteiger partial charge on any atom is -0.497 e. The molecule has 0 N–H and O–H groups in total. The van der Waals surface area contributed by atoms with Crippen LogP contribution in [0, 0.1) is 13.0 Å². The van der Waals surface area contributed by atoms with Crippen molar-refractivity contribution in [2.45, 2.75) is 0 Å². The van der Waals surface area contributed by atoms with Gasteiger partial charge in [-0.15, -0.1) is 0 Å². The normalized spacial score (nSPS) is 16.4. The van der Waals surface area contributed by atoms with E-state index in [0.29, 0.717) is 0 Å². The fourth-order valence-corrected chi connectivity index (χ4v) is 0.642. The van der Waals surface area contributed by atoms with Gasteiger partial charge in [0.15, 0.2) is 0 Å². The van der Waals surface area contributed by atoms with Crippen LogP contribution in [0.5, 0.6) is 0 Å². The molecule has 0 heterocycles. The summed E-state index contributed by atoms with van der Waals surface area (Å²) in [6, 6.07) is 0. The van der Waals surface area contributed by atoms with E-state index in [1.165, 1.54) is 0 Å². The lowest BCUT2D eigenvalue weighted by Crippen LogP contribution is -1.89. The van der Waals surface area contributed by atoms with E-state index in [2.05, 4.69) is 0 Å². The largest absolute Gasteiger partial charge is 0.497 e. The van der Waals surface area contributed by atoms with E-state index in [-0.39, 0.29) is 0 Å². The van der Waals surface area contributed by atoms with Gasteiger partial charge >= 0.3 is 0 Å². The molecule has 0 saturated heterocycles. The summed E-state index contributed by atoms with van der Waals surface area (Å²) in [4.78, 5) is 0. The molecule has 0 amide bonds. The first-order valence-corrected chi connectivity index (χ1v) is 2.72. The Labute approximate surface area is 55.3 Å². The summed E-state index contributed by atoms with van der Waals surface area (Å²) in [6.45, 7) is 5.45. The number of methoxy groups -OCH3 is 1. The highest BCUT2D eigenvalue weighted by Crippen LogP contribution is 2.12. The number of allylic oxidation sites excluding steroid dienone is 4. The predicted octanol–water partition coefficient (Wildman–Crippen LogP) is 1.65. The molecule has 1 aliphatic rings. The average Bonchev–Trinajstić information content (AvgIpc) is 1.88. The fourth-order valence-electron chi connectivity index (χ4n) is 0.642. The summed E-state index contributed by atoms with van der Waals surface area (Å²) >= 11 is 0. The van der Waals surface area contributed by atoms with Crippen LogP contribution < -0.4 is 0 Å². The van der Waals surface area contributed by atoms with Crippen LogP contribution in [-0.4, -0.2) is 7.11 Å². The van der Waals surface area contributed by atoms with Crippen molar-refractivity contribution in [3.05, 3.63) is 42.6 Å². The molecule has 9 heavy (non-hydrogen) atoms. The molecule has 0 aromatic carbocycles. The van der Waals surface area contributed by atoms with E-state index < -0.39 is 0 Å². The second kappa shape index (κ2) is 2.38. The van der Waals surface area contributed by atoms with Crippen LogP contribution in [0.4, 0.5) is 0 Å². The van der Waals surface area contributed by atoms with E-state index in [1.54, 1.807) is 13.2 Å². The molecule has 0 unspecified atom stereocenters. The molecule has 1 aliphatic carbocycles. The molecule has 0 aromatic heterocycles. The van der Waals surface area contributed by atoms with E-state index >= 15 is 0 Å². The minimum atomic E-state index is 0.731. The summed E-state index contributed by atoms with van der Waals surface area (Å²) in [6.07, 6.45) is 7.31. The maximum absolute atomic E-state index is 5.45. The Hall–Kier alpha value is -1.20. The van der Waals surface area contributed by atoms with E-state index in [1.807, 2.05) is 18.6 Å². The van der Waals surface area contributed by atoms with Gasteiger partial charge in [0.2, 0.25) is 0 Å². The number of rotatable bonds is 1. The molecule has 0 radical (unpaired) electrons. The Balaban J connectivity index is 2.70. The summed E-state index contributed by atoms with van der Waals surface area (Å²) in [5.74, 6) is 0.801. The number of ether oxygens (including phenoxy) is 1. The Morgan fingerprint density at radius 1 is 1.67 bits per heavy atom. The van der Waals surface area contributed by atoms with Gasteiger partial charge in [0.05, 0.1) is 7.11 Å². The van der Waals surface area contributed by atoms with Crippen molar-refractivity contribution in [3.63, 3.8) is 0 Å². The lowest BCUT2D eigenvalue weighted by molar-refractivity contribution is 0.306. The molecule has 0 aliphatic heterocycles. The minimum absolute atomic E-state index is 0.731. The molecule has 0 saturated carbocycles. The van der Waals surface area contributed by atoms with Crippen molar-refractivity contribution in [2.75, 3.05) is 7.11 Å². The van der Waals surface area contributed by atoms with Crippen LogP contribution >= 0.6 is 0 Å². The zero-order valence-electron chi connectivity index (χ0n) is 5.29. The van der Waals surface area contributed by atoms with Crippen LogP contribution in [0.3, 0.4) is 0 Å². The molecule has 46 valence electrons. The summed E-state index contributed by atoms with van der Waals surface area (Å²) in [5, 5.41) is 0. The lowest BCUT2D eigenvalue weighted by Gasteiger charge is -2.04. The second-order valence-electron chi connectivity index (χ2n) is 1.78. The smallest absolute Gasteiger partial charge is 0.120 e. The second-order valence-corrected chi connectivity index (χ2v) is 1.78. The van der Waals surface area contributed by atoms with Crippen molar-refractivity contribution in [2.24, 2.45) is 0 Å². The molecule has 0 bridgehead atoms. The van der Waals surface area contributed by atoms with Crippen molar-refractivity contribution < 1.29 is 4.74 Å². The summed E-state index contributed by atoms with van der Waals surface area (Å²) in [7, 11) is 1.62. The average molecular weight is 120 g/mol. The monoisotopic (exact) mass is 120 g/mol. The topological polar surface area (TPSA) is 9.23 Å². The maximum Gasteiger partial charge on any atom is 0.120 e. The summed E-state index contributed by atoms with van der Waals surface area (Å²) < 4.78 is 4.92. The SMILES string of the molecule is [CH+]=C1C=C(OC)C=C[CH-]1. The molecule has 1 heteroatoms. The number of hydrogen-bond donors (Lipinski definition) is 0. The van der Waals surface area contributed by atoms with Gasteiger partial charge in [0.25, 0.3) is 0 Å². The van der Waals surface area contributed by atoms with Crippen LogP contribution in [0.25, 0.3) is 0 Å². The highest BCUT2D eigenvalue weighted by Gasteiger charge is 1.97. The van der Waals surface area contributed by atoms with Gasteiger partial charge in [0.1, 0.15) is 5.76 Å². The van der Waals surface area contributed by atoms with E-state index in [4.69, 9.17) is 11.3 Å². The lowest BCUT2D eigenvalue weighted by atomic mass is 10.1. The van der Waals surface area contributed by atoms with Crippen molar-refractivity contribution in [1.29, 1.82) is 0 Å². The summed E-state index contributed by atoms with van der Waals surface area (Å²) in [5.41, 5.74) is 0.731. The van der Waals surface area contributed by atoms with Gasteiger partial charge in [-0.2, -0.15) is 6.58 Å². The Morgan fingerprint density at radius 3 is 2.89 bits per heavy atom. The quantitative estimate of drug-likeness (QED) is 0.478. The zero-order chi connectivity index (χ0) is 6.69. The van der Waals surface area contributed by atoms with Crippen molar-refractivity contribution >= 4 is 0 Å². The highest BCUT2D eigenvalue weighted by molar-refractivity contribution is 5.38. The fraction of sp³-hybridized carbons (Fsp3) is 0.125. The highest BCUT2D eigenvalue weighted by atomic mass is 16.5. The molecule has 0 spiro atoms. The molecule has 0 atom stereocenters. The maximum atomic E-state index is 5.45. The molecule has 0 fully saturated rings. The predicted molar refractivity (Wildman–Crippen MR) is 36.3 cm³/mol. The Kier molecular flexibility index (Phi) is 1.57. The Morgan fingerprint density at radius 2 is 2.44 bits per heavy atom. The third-order valence-corrected chi connectivity index (χ3v) is 1.09. The first-order chi connectivity index (χ1) is 4.33. The van der Waals surface area contributed by atoms with Crippen LogP contribution in [-0.2, 0) is 4.74 Å². The van der Waals surface area contributed by atoms with Gasteiger partial charge in [-0.3, -0.25) is 0 Å². The molecular formula is C8H8O. The van der Waals surface area contributed by atoms with E-state index in [9.17, 15) is 0 Å². The van der Waals surface area contributed by atoms with Crippen LogP contribution in [0.2, 0.25) is 0 Å². The van der Waals surface area contributed by atoms with Gasteiger partial charge in [-0.1, -0.05) is 6.08 Å². The molecule has 0 aromatic rings. The van der Waals surface area contributed by atoms with Gasteiger partial charge in [-0.25, -0.2) is 0 Å². The third-order valence-electron chi connectivity index (χ3n) is 1.09. The first kappa shape index (κ1) is 5.93. The van der Waals surface area contributed by atoms with Crippen molar-refractivity contribution in [1.82, 2.24) is 0 Å². The zero-order valence-corrected chi connectivity index (χ0v) is 5.29. The molecular weight excluding hydrogens is 112 g/mol. The molecule has 1 rings (SSSR count). The standard InChI is InChI=1S/C8H8O/c1-7-4-3-5-8(6-7)9-2/h1,3-6H,2H3. The first-order valence-electron chi connectivity index (χ1n) is 2.72. The van der Waals surface area contributed by atoms with Gasteiger partial charge in [0, 0.05) is 5.57 Å². The van der Waals surface area contributed by atoms with E-state index in [0.717, 1.165) is 11.3 Å². The third kappa shape index (κ3) is 1.34. The van der Waals surface area contributed by atoms with Gasteiger partial charge < -0.3 is 4.74 Å². The van der Waals surface area contributed by atoms with Crippen molar-refractivity contribution in [3.8, 4) is 0 Å². The van der Waals surface area contributed by atoms with Crippen LogP contribution in [0.1, 0.15) is 0 Å². The number of hydrogen-bond acceptors (Lipinski definition) is 1. The Bertz CT molecular complexity index is 175. The van der Waals surface area contributed by atoms with Gasteiger partial charge in [-0.05, 0) is 18.6 Å². The van der Waals surface area contributed by atoms with Crippen LogP contribution in [0.15, 0.2) is 29.6 Å².